The Morgan fingerprint density at radius 1 is 1.00 bits per heavy atom. The molecule has 0 spiro atoms. The molecule has 2 aromatic carbocycles. The SMILES string of the molecule is CCCCOc1ccccc1NCC(C)Oc1ccc(CC)cc1. The Hall–Kier alpha value is -2.16. The highest BCUT2D eigenvalue weighted by Crippen LogP contribution is 2.24. The monoisotopic (exact) mass is 327 g/mol. The van der Waals surface area contributed by atoms with Gasteiger partial charge in [-0.3, -0.25) is 0 Å². The second-order valence-corrected chi connectivity index (χ2v) is 6.01. The largest absolute Gasteiger partial charge is 0.491 e. The standard InChI is InChI=1S/C21H29NO2/c1-4-6-15-23-21-10-8-7-9-20(21)22-16-17(3)24-19-13-11-18(5-2)12-14-19/h7-14,17,22H,4-6,15-16H2,1-3H3. The van der Waals surface area contributed by atoms with Crippen molar-refractivity contribution in [2.24, 2.45) is 0 Å². The number of rotatable bonds is 10. The summed E-state index contributed by atoms with van der Waals surface area (Å²) < 4.78 is 11.8. The fourth-order valence-corrected chi connectivity index (χ4v) is 2.40. The minimum absolute atomic E-state index is 0.0705. The molecule has 0 saturated heterocycles. The first-order valence-corrected chi connectivity index (χ1v) is 8.94. The smallest absolute Gasteiger partial charge is 0.142 e. The Balaban J connectivity index is 1.85. The summed E-state index contributed by atoms with van der Waals surface area (Å²) in [5, 5.41) is 3.43. The molecule has 1 unspecified atom stereocenters. The van der Waals surface area contributed by atoms with Crippen LogP contribution in [0.15, 0.2) is 48.5 Å². The van der Waals surface area contributed by atoms with Gasteiger partial charge < -0.3 is 14.8 Å². The fourth-order valence-electron chi connectivity index (χ4n) is 2.40. The zero-order chi connectivity index (χ0) is 17.2. The Bertz CT molecular complexity index is 595. The normalized spacial score (nSPS) is 11.8. The molecule has 0 aliphatic heterocycles. The first kappa shape index (κ1) is 18.2. The lowest BCUT2D eigenvalue weighted by atomic mass is 10.2. The van der Waals surface area contributed by atoms with E-state index in [9.17, 15) is 0 Å². The molecule has 0 heterocycles. The van der Waals surface area contributed by atoms with E-state index in [1.54, 1.807) is 0 Å². The molecule has 0 fully saturated rings. The number of hydrogen-bond acceptors (Lipinski definition) is 3. The van der Waals surface area contributed by atoms with Crippen LogP contribution in [-0.4, -0.2) is 19.3 Å². The lowest BCUT2D eigenvalue weighted by molar-refractivity contribution is 0.234. The van der Waals surface area contributed by atoms with Gasteiger partial charge in [-0.2, -0.15) is 0 Å². The first-order valence-electron chi connectivity index (χ1n) is 8.94. The summed E-state index contributed by atoms with van der Waals surface area (Å²) in [7, 11) is 0. The van der Waals surface area contributed by atoms with E-state index < -0.39 is 0 Å². The van der Waals surface area contributed by atoms with E-state index in [2.05, 4.69) is 38.2 Å². The predicted molar refractivity (Wildman–Crippen MR) is 101 cm³/mol. The number of benzene rings is 2. The van der Waals surface area contributed by atoms with Crippen molar-refractivity contribution in [3.63, 3.8) is 0 Å². The highest BCUT2D eigenvalue weighted by Gasteiger charge is 2.07. The summed E-state index contributed by atoms with van der Waals surface area (Å²) in [6.45, 7) is 7.87. The van der Waals surface area contributed by atoms with Crippen LogP contribution in [-0.2, 0) is 6.42 Å². The molecular weight excluding hydrogens is 298 g/mol. The quantitative estimate of drug-likeness (QED) is 0.600. The number of para-hydroxylation sites is 2. The Kier molecular flexibility index (Phi) is 7.47. The molecule has 0 saturated carbocycles. The van der Waals surface area contributed by atoms with Gasteiger partial charge in [0.25, 0.3) is 0 Å². The van der Waals surface area contributed by atoms with Crippen LogP contribution in [0.3, 0.4) is 0 Å². The lowest BCUT2D eigenvalue weighted by Crippen LogP contribution is -2.23. The summed E-state index contributed by atoms with van der Waals surface area (Å²) in [5.41, 5.74) is 2.34. The molecule has 1 atom stereocenters. The molecule has 2 aromatic rings. The van der Waals surface area contributed by atoms with Crippen molar-refractivity contribution < 1.29 is 9.47 Å². The second kappa shape index (κ2) is 9.86. The molecule has 0 aliphatic rings. The molecule has 0 aliphatic carbocycles. The molecule has 2 rings (SSSR count). The minimum atomic E-state index is 0.0705. The molecular formula is C21H29NO2. The topological polar surface area (TPSA) is 30.5 Å². The Morgan fingerprint density at radius 2 is 1.75 bits per heavy atom. The summed E-state index contributed by atoms with van der Waals surface area (Å²) in [5.74, 6) is 1.82. The van der Waals surface area contributed by atoms with Gasteiger partial charge >= 0.3 is 0 Å². The van der Waals surface area contributed by atoms with Crippen LogP contribution in [0.4, 0.5) is 5.69 Å². The maximum atomic E-state index is 5.97. The van der Waals surface area contributed by atoms with Gasteiger partial charge in [0.15, 0.2) is 0 Å². The Labute approximate surface area is 146 Å². The van der Waals surface area contributed by atoms with E-state index in [1.165, 1.54) is 5.56 Å². The van der Waals surface area contributed by atoms with Crippen LogP contribution in [0.5, 0.6) is 11.5 Å². The number of unbranched alkanes of at least 4 members (excludes halogenated alkanes) is 1. The first-order chi connectivity index (χ1) is 11.7. The van der Waals surface area contributed by atoms with Gasteiger partial charge in [-0.05, 0) is 49.6 Å². The Morgan fingerprint density at radius 3 is 2.46 bits per heavy atom. The molecule has 0 aromatic heterocycles. The van der Waals surface area contributed by atoms with E-state index >= 15 is 0 Å². The van der Waals surface area contributed by atoms with Gasteiger partial charge in [-0.25, -0.2) is 0 Å². The van der Waals surface area contributed by atoms with E-state index in [4.69, 9.17) is 9.47 Å². The molecule has 24 heavy (non-hydrogen) atoms. The predicted octanol–water partition coefficient (Wildman–Crippen LogP) is 5.31. The third-order valence-corrected chi connectivity index (χ3v) is 3.89. The summed E-state index contributed by atoms with van der Waals surface area (Å²) in [6, 6.07) is 16.4. The number of nitrogens with one attached hydrogen (secondary N) is 1. The van der Waals surface area contributed by atoms with Crippen LogP contribution in [0.1, 0.15) is 39.2 Å². The molecule has 3 heteroatoms. The molecule has 0 radical (unpaired) electrons. The van der Waals surface area contributed by atoms with E-state index in [0.29, 0.717) is 0 Å². The van der Waals surface area contributed by atoms with Crippen molar-refractivity contribution in [2.45, 2.75) is 46.1 Å². The van der Waals surface area contributed by atoms with Crippen molar-refractivity contribution in [3.8, 4) is 11.5 Å². The molecule has 0 bridgehead atoms. The van der Waals surface area contributed by atoms with Gasteiger partial charge in [-0.15, -0.1) is 0 Å². The van der Waals surface area contributed by atoms with Crippen molar-refractivity contribution >= 4 is 5.69 Å². The minimum Gasteiger partial charge on any atom is -0.491 e. The van der Waals surface area contributed by atoms with Crippen molar-refractivity contribution in [1.29, 1.82) is 0 Å². The highest BCUT2D eigenvalue weighted by molar-refractivity contribution is 5.56. The van der Waals surface area contributed by atoms with Crippen LogP contribution in [0.25, 0.3) is 0 Å². The lowest BCUT2D eigenvalue weighted by Gasteiger charge is -2.18. The maximum absolute atomic E-state index is 5.97. The van der Waals surface area contributed by atoms with E-state index in [1.807, 2.05) is 36.4 Å². The summed E-state index contributed by atoms with van der Waals surface area (Å²) >= 11 is 0. The van der Waals surface area contributed by atoms with Gasteiger partial charge in [0, 0.05) is 0 Å². The number of ether oxygens (including phenoxy) is 2. The van der Waals surface area contributed by atoms with Crippen molar-refractivity contribution in [3.05, 3.63) is 54.1 Å². The third-order valence-electron chi connectivity index (χ3n) is 3.89. The van der Waals surface area contributed by atoms with Crippen LogP contribution < -0.4 is 14.8 Å². The molecule has 0 amide bonds. The van der Waals surface area contributed by atoms with E-state index in [-0.39, 0.29) is 6.10 Å². The van der Waals surface area contributed by atoms with Crippen molar-refractivity contribution in [1.82, 2.24) is 0 Å². The second-order valence-electron chi connectivity index (χ2n) is 6.01. The number of anilines is 1. The van der Waals surface area contributed by atoms with Gasteiger partial charge in [0.05, 0.1) is 18.8 Å². The number of hydrogen-bond donors (Lipinski definition) is 1. The van der Waals surface area contributed by atoms with Gasteiger partial charge in [-0.1, -0.05) is 44.5 Å². The van der Waals surface area contributed by atoms with E-state index in [0.717, 1.165) is 49.6 Å². The van der Waals surface area contributed by atoms with Crippen molar-refractivity contribution in [2.75, 3.05) is 18.5 Å². The third kappa shape index (κ3) is 5.80. The molecule has 130 valence electrons. The fraction of sp³-hybridized carbons (Fsp3) is 0.429. The highest BCUT2D eigenvalue weighted by atomic mass is 16.5. The molecule has 3 nitrogen and oxygen atoms in total. The number of aryl methyl sites for hydroxylation is 1. The molecule has 1 N–H and O–H groups in total. The van der Waals surface area contributed by atoms with Gasteiger partial charge in [0.1, 0.15) is 17.6 Å². The van der Waals surface area contributed by atoms with Crippen LogP contribution >= 0.6 is 0 Å². The maximum Gasteiger partial charge on any atom is 0.142 e. The summed E-state index contributed by atoms with van der Waals surface area (Å²) in [6.07, 6.45) is 3.33. The van der Waals surface area contributed by atoms with Crippen LogP contribution in [0.2, 0.25) is 0 Å². The van der Waals surface area contributed by atoms with Gasteiger partial charge in [0.2, 0.25) is 0 Å². The average molecular weight is 327 g/mol. The van der Waals surface area contributed by atoms with Crippen LogP contribution in [0, 0.1) is 0 Å². The zero-order valence-electron chi connectivity index (χ0n) is 15.0. The average Bonchev–Trinajstić information content (AvgIpc) is 2.62. The zero-order valence-corrected chi connectivity index (χ0v) is 15.0. The summed E-state index contributed by atoms with van der Waals surface area (Å²) in [4.78, 5) is 0.